The number of carbonyl (C=O) groups is 3. The van der Waals surface area contributed by atoms with E-state index in [0.29, 0.717) is 25.1 Å². The highest BCUT2D eigenvalue weighted by atomic mass is 32.2. The standard InChI is InChI=1S/C18H23N3O3S/c22-16(7-10-21-11-12-25-18(21)24)19-13-14-3-5-15(6-4-14)17(23)20-8-1-2-9-20/h3-6H,1-2,7-13H2,(H,19,22). The van der Waals surface area contributed by atoms with Crippen molar-refractivity contribution in [3.05, 3.63) is 35.4 Å². The van der Waals surface area contributed by atoms with E-state index in [4.69, 9.17) is 0 Å². The Morgan fingerprint density at radius 2 is 1.80 bits per heavy atom. The number of hydrogen-bond donors (Lipinski definition) is 1. The zero-order valence-electron chi connectivity index (χ0n) is 14.2. The first-order valence-electron chi connectivity index (χ1n) is 8.70. The van der Waals surface area contributed by atoms with Crippen LogP contribution in [-0.4, -0.2) is 58.8 Å². The highest BCUT2D eigenvalue weighted by molar-refractivity contribution is 8.13. The molecule has 0 radical (unpaired) electrons. The van der Waals surface area contributed by atoms with Gasteiger partial charge in [0.1, 0.15) is 0 Å². The van der Waals surface area contributed by atoms with Crippen LogP contribution in [0.1, 0.15) is 35.2 Å². The normalized spacial score (nSPS) is 17.2. The lowest BCUT2D eigenvalue weighted by atomic mass is 10.1. The number of benzene rings is 1. The van der Waals surface area contributed by atoms with E-state index >= 15 is 0 Å². The summed E-state index contributed by atoms with van der Waals surface area (Å²) in [6.07, 6.45) is 2.48. The lowest BCUT2D eigenvalue weighted by Gasteiger charge is -2.15. The third-order valence-electron chi connectivity index (χ3n) is 4.54. The van der Waals surface area contributed by atoms with Crippen LogP contribution in [0.5, 0.6) is 0 Å². The van der Waals surface area contributed by atoms with Crippen LogP contribution in [-0.2, 0) is 11.3 Å². The van der Waals surface area contributed by atoms with E-state index in [-0.39, 0.29) is 17.1 Å². The molecule has 0 bridgehead atoms. The van der Waals surface area contributed by atoms with Crippen LogP contribution >= 0.6 is 11.8 Å². The van der Waals surface area contributed by atoms with Crippen LogP contribution in [0.4, 0.5) is 4.79 Å². The molecule has 25 heavy (non-hydrogen) atoms. The van der Waals surface area contributed by atoms with Gasteiger partial charge in [0.2, 0.25) is 5.91 Å². The second-order valence-corrected chi connectivity index (χ2v) is 7.37. The molecule has 0 atom stereocenters. The van der Waals surface area contributed by atoms with Crippen molar-refractivity contribution >= 4 is 28.8 Å². The first kappa shape index (κ1) is 17.8. The summed E-state index contributed by atoms with van der Waals surface area (Å²) in [4.78, 5) is 39.3. The molecule has 2 fully saturated rings. The number of likely N-dealkylation sites (tertiary alicyclic amines) is 1. The number of rotatable bonds is 6. The van der Waals surface area contributed by atoms with E-state index in [9.17, 15) is 14.4 Å². The number of nitrogens with one attached hydrogen (secondary N) is 1. The molecule has 1 N–H and O–H groups in total. The number of hydrogen-bond acceptors (Lipinski definition) is 4. The molecule has 0 aliphatic carbocycles. The van der Waals surface area contributed by atoms with Crippen LogP contribution < -0.4 is 5.32 Å². The average molecular weight is 361 g/mol. The second kappa shape index (κ2) is 8.38. The Hall–Kier alpha value is -2.02. The predicted octanol–water partition coefficient (Wildman–Crippen LogP) is 2.10. The van der Waals surface area contributed by atoms with Gasteiger partial charge in [0.05, 0.1) is 0 Å². The fourth-order valence-electron chi connectivity index (χ4n) is 3.02. The lowest BCUT2D eigenvalue weighted by molar-refractivity contribution is -0.121. The van der Waals surface area contributed by atoms with Crippen molar-refractivity contribution in [3.63, 3.8) is 0 Å². The fraction of sp³-hybridized carbons (Fsp3) is 0.500. The van der Waals surface area contributed by atoms with Crippen molar-refractivity contribution in [3.8, 4) is 0 Å². The minimum Gasteiger partial charge on any atom is -0.352 e. The Balaban J connectivity index is 1.42. The monoisotopic (exact) mass is 361 g/mol. The molecule has 2 aliphatic heterocycles. The number of thioether (sulfide) groups is 1. The van der Waals surface area contributed by atoms with E-state index in [1.54, 1.807) is 4.90 Å². The maximum absolute atomic E-state index is 12.3. The van der Waals surface area contributed by atoms with E-state index in [1.165, 1.54) is 11.8 Å². The molecule has 2 saturated heterocycles. The topological polar surface area (TPSA) is 69.7 Å². The van der Waals surface area contributed by atoms with Crippen molar-refractivity contribution in [2.75, 3.05) is 31.9 Å². The van der Waals surface area contributed by atoms with E-state index in [2.05, 4.69) is 5.32 Å². The maximum Gasteiger partial charge on any atom is 0.281 e. The van der Waals surface area contributed by atoms with Crippen LogP contribution in [0, 0.1) is 0 Å². The number of nitrogens with zero attached hydrogens (tertiary/aromatic N) is 2. The quantitative estimate of drug-likeness (QED) is 0.842. The first-order valence-corrected chi connectivity index (χ1v) is 9.68. The first-order chi connectivity index (χ1) is 12.1. The summed E-state index contributed by atoms with van der Waals surface area (Å²) >= 11 is 1.30. The van der Waals surface area contributed by atoms with Crippen molar-refractivity contribution in [1.29, 1.82) is 0 Å². The molecule has 2 heterocycles. The Kier molecular flexibility index (Phi) is 5.96. The summed E-state index contributed by atoms with van der Waals surface area (Å²) in [5, 5.41) is 2.92. The molecule has 0 aromatic heterocycles. The smallest absolute Gasteiger partial charge is 0.281 e. The molecule has 0 saturated carbocycles. The van der Waals surface area contributed by atoms with Gasteiger partial charge in [-0.3, -0.25) is 14.4 Å². The third kappa shape index (κ3) is 4.75. The average Bonchev–Trinajstić information content (AvgIpc) is 3.30. The van der Waals surface area contributed by atoms with Crippen molar-refractivity contribution in [1.82, 2.24) is 15.1 Å². The molecule has 2 aliphatic rings. The number of carbonyl (C=O) groups excluding carboxylic acids is 3. The van der Waals surface area contributed by atoms with Crippen LogP contribution in [0.3, 0.4) is 0 Å². The highest BCUT2D eigenvalue weighted by Gasteiger charge is 2.21. The molecular formula is C18H23N3O3S. The second-order valence-electron chi connectivity index (χ2n) is 6.32. The molecular weight excluding hydrogens is 338 g/mol. The SMILES string of the molecule is O=C(CCN1CCSC1=O)NCc1ccc(C(=O)N2CCCC2)cc1. The molecule has 1 aromatic carbocycles. The van der Waals surface area contributed by atoms with E-state index < -0.39 is 0 Å². The molecule has 1 aromatic rings. The van der Waals surface area contributed by atoms with Gasteiger partial charge in [-0.05, 0) is 30.5 Å². The van der Waals surface area contributed by atoms with Crippen LogP contribution in [0.2, 0.25) is 0 Å². The van der Waals surface area contributed by atoms with Gasteiger partial charge in [0.15, 0.2) is 0 Å². The minimum absolute atomic E-state index is 0.0612. The van der Waals surface area contributed by atoms with Gasteiger partial charge in [-0.2, -0.15) is 0 Å². The van der Waals surface area contributed by atoms with Gasteiger partial charge in [-0.15, -0.1) is 0 Å². The summed E-state index contributed by atoms with van der Waals surface area (Å²) in [5.41, 5.74) is 1.65. The molecule has 0 spiro atoms. The van der Waals surface area contributed by atoms with Crippen molar-refractivity contribution in [2.24, 2.45) is 0 Å². The predicted molar refractivity (Wildman–Crippen MR) is 97.5 cm³/mol. The summed E-state index contributed by atoms with van der Waals surface area (Å²) in [7, 11) is 0. The Labute approximate surface area is 151 Å². The van der Waals surface area contributed by atoms with Gasteiger partial charge in [-0.25, -0.2) is 0 Å². The molecule has 3 rings (SSSR count). The summed E-state index contributed by atoms with van der Waals surface area (Å²) in [5.74, 6) is 0.825. The summed E-state index contributed by atoms with van der Waals surface area (Å²) < 4.78 is 0. The zero-order valence-corrected chi connectivity index (χ0v) is 15.0. The molecule has 7 heteroatoms. The van der Waals surface area contributed by atoms with Crippen molar-refractivity contribution < 1.29 is 14.4 Å². The minimum atomic E-state index is -0.0677. The molecule has 6 nitrogen and oxygen atoms in total. The Morgan fingerprint density at radius 3 is 2.44 bits per heavy atom. The van der Waals surface area contributed by atoms with Gasteiger partial charge >= 0.3 is 0 Å². The van der Waals surface area contributed by atoms with Gasteiger partial charge in [-0.1, -0.05) is 23.9 Å². The van der Waals surface area contributed by atoms with Gasteiger partial charge < -0.3 is 15.1 Å². The van der Waals surface area contributed by atoms with Crippen molar-refractivity contribution in [2.45, 2.75) is 25.8 Å². The molecule has 3 amide bonds. The Bertz CT molecular complexity index is 641. The Morgan fingerprint density at radius 1 is 1.08 bits per heavy atom. The van der Waals surface area contributed by atoms with E-state index in [0.717, 1.165) is 43.8 Å². The largest absolute Gasteiger partial charge is 0.352 e. The maximum atomic E-state index is 12.3. The third-order valence-corrected chi connectivity index (χ3v) is 5.43. The lowest BCUT2D eigenvalue weighted by Crippen LogP contribution is -2.30. The van der Waals surface area contributed by atoms with Gasteiger partial charge in [0, 0.05) is 50.5 Å². The number of amides is 3. The fourth-order valence-corrected chi connectivity index (χ4v) is 3.87. The summed E-state index contributed by atoms with van der Waals surface area (Å²) in [6, 6.07) is 7.40. The van der Waals surface area contributed by atoms with E-state index in [1.807, 2.05) is 29.2 Å². The molecule has 0 unspecified atom stereocenters. The zero-order chi connectivity index (χ0) is 17.6. The molecule has 134 valence electrons. The van der Waals surface area contributed by atoms with Crippen LogP contribution in [0.15, 0.2) is 24.3 Å². The highest BCUT2D eigenvalue weighted by Crippen LogP contribution is 2.17. The van der Waals surface area contributed by atoms with Crippen LogP contribution in [0.25, 0.3) is 0 Å². The summed E-state index contributed by atoms with van der Waals surface area (Å²) in [6.45, 7) is 3.31. The van der Waals surface area contributed by atoms with Gasteiger partial charge in [0.25, 0.3) is 11.1 Å².